The summed E-state index contributed by atoms with van der Waals surface area (Å²) in [7, 11) is 3.30. The molecule has 2 aromatic rings. The van der Waals surface area contributed by atoms with Crippen molar-refractivity contribution in [3.63, 3.8) is 0 Å². The van der Waals surface area contributed by atoms with Crippen molar-refractivity contribution >= 4 is 5.69 Å². The Kier molecular flexibility index (Phi) is 7.23. The molecule has 0 amide bonds. The lowest BCUT2D eigenvalue weighted by Crippen LogP contribution is -2.07. The number of ether oxygens (including phenoxy) is 4. The van der Waals surface area contributed by atoms with E-state index in [-0.39, 0.29) is 0 Å². The standard InChI is InChI=1S/C19H25NO4/c1-4-23-10-11-24-17-7-5-6-15(12-17)14-20-18-13-16(21-2)8-9-19(18)22-3/h5-9,12-13,20H,4,10-11,14H2,1-3H3. The van der Waals surface area contributed by atoms with Crippen LogP contribution >= 0.6 is 0 Å². The normalized spacial score (nSPS) is 10.3. The topological polar surface area (TPSA) is 49.0 Å². The second-order valence-corrected chi connectivity index (χ2v) is 5.11. The average molecular weight is 331 g/mol. The lowest BCUT2D eigenvalue weighted by Gasteiger charge is -2.13. The van der Waals surface area contributed by atoms with E-state index in [0.717, 1.165) is 28.5 Å². The zero-order chi connectivity index (χ0) is 17.2. The number of hydrogen-bond donors (Lipinski definition) is 1. The second kappa shape index (κ2) is 9.67. The van der Waals surface area contributed by atoms with Crippen LogP contribution < -0.4 is 19.5 Å². The molecule has 130 valence electrons. The minimum Gasteiger partial charge on any atom is -0.497 e. The first kappa shape index (κ1) is 17.9. The van der Waals surface area contributed by atoms with Gasteiger partial charge in [0.2, 0.25) is 0 Å². The van der Waals surface area contributed by atoms with Gasteiger partial charge in [-0.3, -0.25) is 0 Å². The molecule has 0 radical (unpaired) electrons. The summed E-state index contributed by atoms with van der Waals surface area (Å²) >= 11 is 0. The van der Waals surface area contributed by atoms with E-state index in [4.69, 9.17) is 18.9 Å². The molecular formula is C19H25NO4. The van der Waals surface area contributed by atoms with Crippen molar-refractivity contribution in [3.05, 3.63) is 48.0 Å². The Morgan fingerprint density at radius 3 is 2.54 bits per heavy atom. The number of anilines is 1. The zero-order valence-corrected chi connectivity index (χ0v) is 14.5. The lowest BCUT2D eigenvalue weighted by atomic mass is 10.2. The third kappa shape index (κ3) is 5.35. The largest absolute Gasteiger partial charge is 0.497 e. The average Bonchev–Trinajstić information content (AvgIpc) is 2.63. The van der Waals surface area contributed by atoms with Crippen molar-refractivity contribution in [2.75, 3.05) is 39.4 Å². The van der Waals surface area contributed by atoms with Gasteiger partial charge in [0, 0.05) is 19.2 Å². The highest BCUT2D eigenvalue weighted by Gasteiger charge is 2.05. The monoisotopic (exact) mass is 331 g/mol. The van der Waals surface area contributed by atoms with Gasteiger partial charge in [0.25, 0.3) is 0 Å². The first-order chi connectivity index (χ1) is 11.8. The molecule has 0 unspecified atom stereocenters. The van der Waals surface area contributed by atoms with Crippen LogP contribution in [0.25, 0.3) is 0 Å². The van der Waals surface area contributed by atoms with E-state index >= 15 is 0 Å². The van der Waals surface area contributed by atoms with Gasteiger partial charge in [-0.15, -0.1) is 0 Å². The Morgan fingerprint density at radius 1 is 0.917 bits per heavy atom. The van der Waals surface area contributed by atoms with Gasteiger partial charge in [-0.05, 0) is 36.8 Å². The molecule has 0 aromatic heterocycles. The van der Waals surface area contributed by atoms with Crippen LogP contribution in [0.5, 0.6) is 17.2 Å². The van der Waals surface area contributed by atoms with E-state index in [1.54, 1.807) is 14.2 Å². The first-order valence-corrected chi connectivity index (χ1v) is 8.02. The molecule has 0 atom stereocenters. The fraction of sp³-hybridized carbons (Fsp3) is 0.368. The van der Waals surface area contributed by atoms with Gasteiger partial charge in [-0.25, -0.2) is 0 Å². The summed E-state index contributed by atoms with van der Waals surface area (Å²) in [5.41, 5.74) is 2.01. The Labute approximate surface area is 143 Å². The Hall–Kier alpha value is -2.40. The Bertz CT molecular complexity index is 631. The van der Waals surface area contributed by atoms with Crippen molar-refractivity contribution in [1.82, 2.24) is 0 Å². The van der Waals surface area contributed by atoms with Crippen LogP contribution in [-0.4, -0.2) is 34.0 Å². The summed E-state index contributed by atoms with van der Waals surface area (Å²) in [6.45, 7) is 4.48. The number of hydrogen-bond acceptors (Lipinski definition) is 5. The van der Waals surface area contributed by atoms with Crippen LogP contribution in [0, 0.1) is 0 Å². The number of nitrogens with one attached hydrogen (secondary N) is 1. The Balaban J connectivity index is 1.96. The molecular weight excluding hydrogens is 306 g/mol. The summed E-state index contributed by atoms with van der Waals surface area (Å²) in [6, 6.07) is 13.7. The van der Waals surface area contributed by atoms with Crippen LogP contribution in [0.3, 0.4) is 0 Å². The summed E-state index contributed by atoms with van der Waals surface area (Å²) in [5.74, 6) is 2.40. The highest BCUT2D eigenvalue weighted by atomic mass is 16.5. The Morgan fingerprint density at radius 2 is 1.79 bits per heavy atom. The van der Waals surface area contributed by atoms with Gasteiger partial charge in [0.15, 0.2) is 0 Å². The quantitative estimate of drug-likeness (QED) is 0.672. The van der Waals surface area contributed by atoms with Crippen LogP contribution in [0.1, 0.15) is 12.5 Å². The fourth-order valence-electron chi connectivity index (χ4n) is 2.26. The van der Waals surface area contributed by atoms with Crippen LogP contribution in [0.15, 0.2) is 42.5 Å². The maximum atomic E-state index is 5.68. The first-order valence-electron chi connectivity index (χ1n) is 8.02. The van der Waals surface area contributed by atoms with Crippen molar-refractivity contribution in [2.24, 2.45) is 0 Å². The molecule has 0 bridgehead atoms. The van der Waals surface area contributed by atoms with Gasteiger partial charge in [-0.1, -0.05) is 12.1 Å². The molecule has 5 nitrogen and oxygen atoms in total. The van der Waals surface area contributed by atoms with E-state index in [9.17, 15) is 0 Å². The summed E-state index contributed by atoms with van der Waals surface area (Å²) < 4.78 is 21.6. The summed E-state index contributed by atoms with van der Waals surface area (Å²) in [5, 5.41) is 3.37. The van der Waals surface area contributed by atoms with E-state index < -0.39 is 0 Å². The maximum Gasteiger partial charge on any atom is 0.142 e. The highest BCUT2D eigenvalue weighted by molar-refractivity contribution is 5.60. The smallest absolute Gasteiger partial charge is 0.142 e. The van der Waals surface area contributed by atoms with Crippen molar-refractivity contribution in [3.8, 4) is 17.2 Å². The second-order valence-electron chi connectivity index (χ2n) is 5.11. The van der Waals surface area contributed by atoms with Crippen molar-refractivity contribution in [2.45, 2.75) is 13.5 Å². The summed E-state index contributed by atoms with van der Waals surface area (Å²) in [4.78, 5) is 0. The van der Waals surface area contributed by atoms with Crippen LogP contribution in [0.4, 0.5) is 5.69 Å². The van der Waals surface area contributed by atoms with Crippen molar-refractivity contribution in [1.29, 1.82) is 0 Å². The molecule has 0 fully saturated rings. The molecule has 2 aromatic carbocycles. The number of benzene rings is 2. The molecule has 0 aliphatic heterocycles. The predicted molar refractivity (Wildman–Crippen MR) is 95.3 cm³/mol. The highest BCUT2D eigenvalue weighted by Crippen LogP contribution is 2.29. The lowest BCUT2D eigenvalue weighted by molar-refractivity contribution is 0.110. The molecule has 1 N–H and O–H groups in total. The minimum atomic E-state index is 0.550. The SMILES string of the molecule is CCOCCOc1cccc(CNc2cc(OC)ccc2OC)c1. The van der Waals surface area contributed by atoms with E-state index in [0.29, 0.717) is 26.4 Å². The number of methoxy groups -OCH3 is 2. The third-order valence-electron chi connectivity index (χ3n) is 3.49. The van der Waals surface area contributed by atoms with Gasteiger partial charge >= 0.3 is 0 Å². The van der Waals surface area contributed by atoms with Gasteiger partial charge in [0.1, 0.15) is 23.9 Å². The van der Waals surface area contributed by atoms with Crippen LogP contribution in [0.2, 0.25) is 0 Å². The van der Waals surface area contributed by atoms with Crippen molar-refractivity contribution < 1.29 is 18.9 Å². The molecule has 0 aliphatic carbocycles. The van der Waals surface area contributed by atoms with Gasteiger partial charge in [0.05, 0.1) is 26.5 Å². The van der Waals surface area contributed by atoms with Crippen LogP contribution in [-0.2, 0) is 11.3 Å². The molecule has 0 saturated heterocycles. The van der Waals surface area contributed by atoms with E-state index in [1.165, 1.54) is 0 Å². The molecule has 0 heterocycles. The minimum absolute atomic E-state index is 0.550. The molecule has 0 saturated carbocycles. The van der Waals surface area contributed by atoms with Gasteiger partial charge < -0.3 is 24.3 Å². The van der Waals surface area contributed by atoms with Gasteiger partial charge in [-0.2, -0.15) is 0 Å². The molecule has 0 spiro atoms. The maximum absolute atomic E-state index is 5.68. The molecule has 0 aliphatic rings. The summed E-state index contributed by atoms with van der Waals surface area (Å²) in [6.07, 6.45) is 0. The molecule has 2 rings (SSSR count). The molecule has 5 heteroatoms. The molecule has 24 heavy (non-hydrogen) atoms. The van der Waals surface area contributed by atoms with E-state index in [1.807, 2.05) is 43.3 Å². The number of rotatable bonds is 10. The zero-order valence-electron chi connectivity index (χ0n) is 14.5. The predicted octanol–water partition coefficient (Wildman–Crippen LogP) is 3.73. The van der Waals surface area contributed by atoms with E-state index in [2.05, 4.69) is 11.4 Å². The fourth-order valence-corrected chi connectivity index (χ4v) is 2.26. The third-order valence-corrected chi connectivity index (χ3v) is 3.49.